The summed E-state index contributed by atoms with van der Waals surface area (Å²) in [6.07, 6.45) is 4.05. The second-order valence-electron chi connectivity index (χ2n) is 5.02. The van der Waals surface area contributed by atoms with Gasteiger partial charge in [0, 0.05) is 30.7 Å². The minimum absolute atomic E-state index is 0.0315. The van der Waals surface area contributed by atoms with E-state index in [2.05, 4.69) is 10.6 Å². The molecule has 9 nitrogen and oxygen atoms in total. The monoisotopic (exact) mass is 360 g/mol. The summed E-state index contributed by atoms with van der Waals surface area (Å²) in [7, 11) is 0. The molecule has 0 atom stereocenters. The van der Waals surface area contributed by atoms with Crippen molar-refractivity contribution in [2.24, 2.45) is 0 Å². The van der Waals surface area contributed by atoms with Crippen molar-refractivity contribution in [1.82, 2.24) is 4.57 Å². The molecule has 0 aliphatic carbocycles. The molecule has 1 aromatic carbocycles. The predicted octanol–water partition coefficient (Wildman–Crippen LogP) is 1.85. The summed E-state index contributed by atoms with van der Waals surface area (Å²) in [5.41, 5.74) is 0.147. The Kier molecular flexibility index (Phi) is 4.07. The third-order valence-electron chi connectivity index (χ3n) is 3.48. The average molecular weight is 361 g/mol. The van der Waals surface area contributed by atoms with Crippen LogP contribution < -0.4 is 16.1 Å². The Balaban J connectivity index is 2.13. The number of hydrogen-bond acceptors (Lipinski definition) is 7. The smallest absolute Gasteiger partial charge is 0.295 e. The number of ketones is 1. The summed E-state index contributed by atoms with van der Waals surface area (Å²) in [5.74, 6) is -0.794. The molecule has 0 amide bonds. The average Bonchev–Trinajstić information content (AvgIpc) is 2.61. The second kappa shape index (κ2) is 6.21. The molecular weight excluding hydrogens is 352 g/mol. The molecule has 0 bridgehead atoms. The van der Waals surface area contributed by atoms with Crippen LogP contribution in [0.4, 0.5) is 17.1 Å². The first kappa shape index (κ1) is 16.4. The van der Waals surface area contributed by atoms with Crippen LogP contribution in [0.5, 0.6) is 0 Å². The summed E-state index contributed by atoms with van der Waals surface area (Å²) < 4.78 is 1.35. The Hall–Kier alpha value is -3.46. The van der Waals surface area contributed by atoms with Gasteiger partial charge in [0.25, 0.3) is 5.69 Å². The van der Waals surface area contributed by atoms with Gasteiger partial charge in [-0.3, -0.25) is 24.5 Å². The maximum absolute atomic E-state index is 11.4. The molecule has 10 heteroatoms. The van der Waals surface area contributed by atoms with Gasteiger partial charge in [-0.2, -0.15) is 0 Å². The molecule has 0 radical (unpaired) electrons. The fourth-order valence-corrected chi connectivity index (χ4v) is 2.45. The van der Waals surface area contributed by atoms with Gasteiger partial charge >= 0.3 is 0 Å². The Morgan fingerprint density at radius 1 is 1.32 bits per heavy atom. The van der Waals surface area contributed by atoms with Crippen molar-refractivity contribution in [3.05, 3.63) is 67.9 Å². The van der Waals surface area contributed by atoms with Crippen LogP contribution in [0.15, 0.2) is 47.3 Å². The van der Waals surface area contributed by atoms with Gasteiger partial charge < -0.3 is 15.2 Å². The van der Waals surface area contributed by atoms with Gasteiger partial charge in [-0.05, 0) is 6.07 Å². The van der Waals surface area contributed by atoms with Gasteiger partial charge in [-0.1, -0.05) is 11.6 Å². The predicted molar refractivity (Wildman–Crippen MR) is 90.1 cm³/mol. The zero-order valence-corrected chi connectivity index (χ0v) is 13.1. The van der Waals surface area contributed by atoms with Crippen LogP contribution in [-0.2, 0) is 9.59 Å². The quantitative estimate of drug-likeness (QED) is 0.369. The molecule has 126 valence electrons. The number of Topliss-reactive ketones (excluding diaryl/α,β-unsaturated/α-hetero) is 1. The van der Waals surface area contributed by atoms with E-state index in [0.29, 0.717) is 5.69 Å². The number of aldehydes is 1. The fourth-order valence-electron chi connectivity index (χ4n) is 2.29. The number of fused-ring (bicyclic) bond motifs is 1. The molecule has 2 aromatic rings. The number of aromatic nitrogens is 1. The first-order valence-electron chi connectivity index (χ1n) is 6.84. The summed E-state index contributed by atoms with van der Waals surface area (Å²) in [6, 6.07) is 3.87. The molecule has 2 heterocycles. The maximum Gasteiger partial charge on any atom is 0.295 e. The van der Waals surface area contributed by atoms with Crippen molar-refractivity contribution >= 4 is 40.7 Å². The Morgan fingerprint density at radius 2 is 2.08 bits per heavy atom. The highest BCUT2D eigenvalue weighted by atomic mass is 35.5. The minimum atomic E-state index is -0.794. The highest BCUT2D eigenvalue weighted by Gasteiger charge is 2.23. The van der Waals surface area contributed by atoms with E-state index in [1.165, 1.54) is 41.4 Å². The number of nitro benzene ring substituents is 1. The number of nitrogens with one attached hydrogen (secondary N) is 2. The molecule has 1 aliphatic rings. The number of carbonyl (C=O) groups excluding carboxylic acids is 2. The molecule has 25 heavy (non-hydrogen) atoms. The number of nitro groups is 1. The van der Waals surface area contributed by atoms with Crippen molar-refractivity contribution in [3.8, 4) is 5.69 Å². The topological polar surface area (TPSA) is 123 Å². The van der Waals surface area contributed by atoms with E-state index >= 15 is 0 Å². The number of anilines is 2. The number of hydrogen-bond donors (Lipinski definition) is 2. The van der Waals surface area contributed by atoms with Crippen molar-refractivity contribution < 1.29 is 14.5 Å². The van der Waals surface area contributed by atoms with Gasteiger partial charge in [0.1, 0.15) is 16.4 Å². The summed E-state index contributed by atoms with van der Waals surface area (Å²) in [4.78, 5) is 44.2. The number of carbonyl (C=O) groups is 2. The molecule has 3 rings (SSSR count). The number of nitrogens with zero attached hydrogens (tertiary/aromatic N) is 2. The largest absolute Gasteiger partial charge is 0.358 e. The van der Waals surface area contributed by atoms with E-state index in [1.807, 2.05) is 0 Å². The molecule has 1 aromatic heterocycles. The normalized spacial score (nSPS) is 12.3. The first-order valence-corrected chi connectivity index (χ1v) is 7.22. The number of halogens is 1. The fraction of sp³-hybridized carbons (Fsp3) is 0. The molecule has 0 spiro atoms. The second-order valence-corrected chi connectivity index (χ2v) is 5.42. The number of pyridine rings is 1. The third kappa shape index (κ3) is 3.00. The lowest BCUT2D eigenvalue weighted by molar-refractivity contribution is -0.384. The molecule has 0 saturated heterocycles. The highest BCUT2D eigenvalue weighted by molar-refractivity contribution is 6.34. The lowest BCUT2D eigenvalue weighted by Crippen LogP contribution is -2.19. The summed E-state index contributed by atoms with van der Waals surface area (Å²) >= 11 is 5.80. The SMILES string of the molecule is O=CC(=O)C1=CNc2cc(-n3ccc(=O)c(Cl)c3)c([N+](=O)[O-])cc2N1. The van der Waals surface area contributed by atoms with Crippen LogP contribution in [0.1, 0.15) is 0 Å². The highest BCUT2D eigenvalue weighted by Crippen LogP contribution is 2.36. The number of benzene rings is 1. The Labute approximate surface area is 144 Å². The van der Waals surface area contributed by atoms with E-state index in [4.69, 9.17) is 11.6 Å². The Morgan fingerprint density at radius 3 is 2.72 bits per heavy atom. The van der Waals surface area contributed by atoms with E-state index < -0.39 is 16.1 Å². The van der Waals surface area contributed by atoms with Crippen LogP contribution in [-0.4, -0.2) is 21.6 Å². The van der Waals surface area contributed by atoms with E-state index in [0.717, 1.165) is 0 Å². The summed E-state index contributed by atoms with van der Waals surface area (Å²) in [5, 5.41) is 16.8. The van der Waals surface area contributed by atoms with E-state index in [9.17, 15) is 24.5 Å². The molecule has 0 fully saturated rings. The lowest BCUT2D eigenvalue weighted by Gasteiger charge is -2.20. The molecule has 2 N–H and O–H groups in total. The molecule has 1 aliphatic heterocycles. The first-order chi connectivity index (χ1) is 11.9. The van der Waals surface area contributed by atoms with Crippen molar-refractivity contribution in [2.75, 3.05) is 10.6 Å². The zero-order valence-electron chi connectivity index (χ0n) is 12.4. The van der Waals surface area contributed by atoms with Crippen LogP contribution in [0.25, 0.3) is 5.69 Å². The van der Waals surface area contributed by atoms with Crippen LogP contribution in [0.3, 0.4) is 0 Å². The van der Waals surface area contributed by atoms with Gasteiger partial charge in [0.05, 0.1) is 16.3 Å². The van der Waals surface area contributed by atoms with Crippen molar-refractivity contribution in [2.45, 2.75) is 0 Å². The lowest BCUT2D eigenvalue weighted by atomic mass is 10.1. The third-order valence-corrected chi connectivity index (χ3v) is 3.76. The summed E-state index contributed by atoms with van der Waals surface area (Å²) in [6.45, 7) is 0. The van der Waals surface area contributed by atoms with Gasteiger partial charge in [0.2, 0.25) is 5.78 Å². The van der Waals surface area contributed by atoms with Gasteiger partial charge in [-0.25, -0.2) is 0 Å². The Bertz CT molecular complexity index is 1010. The van der Waals surface area contributed by atoms with E-state index in [-0.39, 0.29) is 34.1 Å². The van der Waals surface area contributed by atoms with Crippen LogP contribution in [0, 0.1) is 10.1 Å². The standard InChI is InChI=1S/C15H9ClN4O5/c16-8-6-19(2-1-14(8)22)12-3-9-10(4-13(12)20(24)25)18-11(5-17-9)15(23)7-21/h1-7,17-18H. The number of rotatable bonds is 4. The van der Waals surface area contributed by atoms with Crippen molar-refractivity contribution in [1.29, 1.82) is 0 Å². The minimum Gasteiger partial charge on any atom is -0.358 e. The van der Waals surface area contributed by atoms with Crippen LogP contribution in [0.2, 0.25) is 5.02 Å². The zero-order chi connectivity index (χ0) is 18.1. The molecule has 0 unspecified atom stereocenters. The van der Waals surface area contributed by atoms with Gasteiger partial charge in [0.15, 0.2) is 11.7 Å². The number of allylic oxidation sites excluding steroid dienone is 1. The molecular formula is C15H9ClN4O5. The maximum atomic E-state index is 11.4. The van der Waals surface area contributed by atoms with E-state index in [1.54, 1.807) is 0 Å². The van der Waals surface area contributed by atoms with Crippen LogP contribution >= 0.6 is 11.6 Å². The van der Waals surface area contributed by atoms with Crippen molar-refractivity contribution in [3.63, 3.8) is 0 Å². The van der Waals surface area contributed by atoms with Gasteiger partial charge in [-0.15, -0.1) is 0 Å². The molecule has 0 saturated carbocycles.